The lowest BCUT2D eigenvalue weighted by molar-refractivity contribution is -0.390. The van der Waals surface area contributed by atoms with Gasteiger partial charge in [-0.3, -0.25) is 4.79 Å². The van der Waals surface area contributed by atoms with E-state index in [1.54, 1.807) is 36.4 Å². The van der Waals surface area contributed by atoms with Gasteiger partial charge in [0, 0.05) is 11.6 Å². The molecule has 2 N–H and O–H groups in total. The van der Waals surface area contributed by atoms with E-state index in [-0.39, 0.29) is 5.82 Å². The minimum Gasteiger partial charge on any atom is -0.366 e. The van der Waals surface area contributed by atoms with E-state index < -0.39 is 10.8 Å². The number of primary amides is 1. The Morgan fingerprint density at radius 2 is 2.00 bits per heavy atom. The Hall–Kier alpha value is -3.22. The maximum absolute atomic E-state index is 11.0. The second-order valence-corrected chi connectivity index (χ2v) is 4.10. The fourth-order valence-corrected chi connectivity index (χ4v) is 1.74. The van der Waals surface area contributed by atoms with Crippen molar-refractivity contribution in [2.45, 2.75) is 0 Å². The van der Waals surface area contributed by atoms with Crippen molar-refractivity contribution in [3.05, 3.63) is 64.1 Å². The van der Waals surface area contributed by atoms with Crippen LogP contribution in [0.3, 0.4) is 0 Å². The van der Waals surface area contributed by atoms with Crippen LogP contribution in [0.1, 0.15) is 21.7 Å². The van der Waals surface area contributed by atoms with Crippen molar-refractivity contribution in [2.24, 2.45) is 5.73 Å². The third kappa shape index (κ3) is 3.03. The van der Waals surface area contributed by atoms with Gasteiger partial charge in [0.25, 0.3) is 0 Å². The average Bonchev–Trinajstić information content (AvgIpc) is 2.88. The zero-order chi connectivity index (χ0) is 15.4. The molecule has 7 nitrogen and oxygen atoms in total. The molecule has 0 saturated carbocycles. The van der Waals surface area contributed by atoms with Gasteiger partial charge in [-0.2, -0.15) is 4.57 Å². The quantitative estimate of drug-likeness (QED) is 0.671. The first-order valence-corrected chi connectivity index (χ1v) is 5.95. The number of benzene rings is 1. The van der Waals surface area contributed by atoms with Gasteiger partial charge in [-0.25, -0.2) is 4.98 Å². The lowest BCUT2D eigenvalue weighted by atomic mass is 10.1. The first-order chi connectivity index (χ1) is 10.0. The molecule has 7 heteroatoms. The van der Waals surface area contributed by atoms with E-state index in [0.29, 0.717) is 11.4 Å². The van der Waals surface area contributed by atoms with Gasteiger partial charge < -0.3 is 15.8 Å². The van der Waals surface area contributed by atoms with E-state index in [4.69, 9.17) is 5.73 Å². The number of rotatable bonds is 5. The normalized spacial score (nSPS) is 10.7. The van der Waals surface area contributed by atoms with Crippen LogP contribution in [0, 0.1) is 10.1 Å². The molecule has 1 heterocycles. The van der Waals surface area contributed by atoms with Gasteiger partial charge in [-0.1, -0.05) is 18.7 Å². The van der Waals surface area contributed by atoms with Crippen LogP contribution >= 0.6 is 0 Å². The monoisotopic (exact) mass is 284 g/mol. The number of hydrogen-bond donors (Lipinski definition) is 1. The van der Waals surface area contributed by atoms with Crippen LogP contribution in [0.15, 0.2) is 37.0 Å². The summed E-state index contributed by atoms with van der Waals surface area (Å²) < 4.78 is 1.27. The predicted octanol–water partition coefficient (Wildman–Crippen LogP) is 2.16. The highest BCUT2D eigenvalue weighted by Crippen LogP contribution is 2.16. The molecule has 1 aromatic carbocycles. The van der Waals surface area contributed by atoms with Crippen LogP contribution in [-0.2, 0) is 0 Å². The first kappa shape index (κ1) is 14.2. The smallest absolute Gasteiger partial charge is 0.347 e. The number of imidazole rings is 1. The minimum atomic E-state index is -0.534. The maximum atomic E-state index is 11.0. The number of hydrogen-bond acceptors (Lipinski definition) is 4. The number of aromatic nitrogens is 2. The Balaban J connectivity index is 2.27. The van der Waals surface area contributed by atoms with Crippen LogP contribution < -0.4 is 5.73 Å². The molecule has 0 unspecified atom stereocenters. The Labute approximate surface area is 120 Å². The molecule has 21 heavy (non-hydrogen) atoms. The van der Waals surface area contributed by atoms with Crippen molar-refractivity contribution in [3.8, 4) is 0 Å². The summed E-state index contributed by atoms with van der Waals surface area (Å²) in [4.78, 5) is 25.2. The van der Waals surface area contributed by atoms with Crippen molar-refractivity contribution in [3.63, 3.8) is 0 Å². The summed E-state index contributed by atoms with van der Waals surface area (Å²) in [5.74, 6) is -0.271. The van der Waals surface area contributed by atoms with Crippen molar-refractivity contribution in [1.29, 1.82) is 0 Å². The molecule has 0 aliphatic carbocycles. The van der Waals surface area contributed by atoms with Gasteiger partial charge in [-0.05, 0) is 28.7 Å². The summed E-state index contributed by atoms with van der Waals surface area (Å²) in [5, 5.41) is 10.8. The number of nitrogens with two attached hydrogens (primary N) is 1. The molecule has 0 saturated heterocycles. The molecule has 0 bridgehead atoms. The molecule has 0 fully saturated rings. The van der Waals surface area contributed by atoms with E-state index in [2.05, 4.69) is 11.6 Å². The second-order valence-electron chi connectivity index (χ2n) is 4.10. The first-order valence-electron chi connectivity index (χ1n) is 5.95. The second kappa shape index (κ2) is 5.83. The molecule has 106 valence electrons. The van der Waals surface area contributed by atoms with Gasteiger partial charge in [0.15, 0.2) is 0 Å². The summed E-state index contributed by atoms with van der Waals surface area (Å²) in [6.45, 7) is 3.53. The lowest BCUT2D eigenvalue weighted by Gasteiger charge is -1.97. The number of carbonyl (C=O) groups excluding carboxylic acids is 1. The van der Waals surface area contributed by atoms with Gasteiger partial charge in [0.05, 0.1) is 6.20 Å². The molecule has 1 aromatic heterocycles. The molecule has 0 aliphatic rings. The van der Waals surface area contributed by atoms with Gasteiger partial charge >= 0.3 is 5.82 Å². The number of carbonyl (C=O) groups is 1. The molecule has 2 aromatic rings. The highest BCUT2D eigenvalue weighted by atomic mass is 16.6. The standard InChI is InChI=1S/C14H12N4O3/c1-2-17-12(16-9-13(17)18(20)21)8-5-10-3-6-11(7-4-10)14(15)19/h2-9H,1H2,(H2,15,19)/b8-5+. The minimum absolute atomic E-state index is 0.159. The van der Waals surface area contributed by atoms with Crippen LogP contribution in [0.25, 0.3) is 18.4 Å². The van der Waals surface area contributed by atoms with E-state index in [1.807, 2.05) is 0 Å². The largest absolute Gasteiger partial charge is 0.366 e. The molecule has 0 radical (unpaired) electrons. The van der Waals surface area contributed by atoms with Gasteiger partial charge in [-0.15, -0.1) is 0 Å². The third-order valence-electron chi connectivity index (χ3n) is 2.80. The fraction of sp³-hybridized carbons (Fsp3) is 0. The molecule has 2 rings (SSSR count). The van der Waals surface area contributed by atoms with E-state index >= 15 is 0 Å². The van der Waals surface area contributed by atoms with E-state index in [0.717, 1.165) is 11.8 Å². The van der Waals surface area contributed by atoms with Gasteiger partial charge in [0.1, 0.15) is 6.20 Å². The molecular weight excluding hydrogens is 272 g/mol. The summed E-state index contributed by atoms with van der Waals surface area (Å²) in [6.07, 6.45) is 5.82. The van der Waals surface area contributed by atoms with E-state index in [9.17, 15) is 14.9 Å². The van der Waals surface area contributed by atoms with Gasteiger partial charge in [0.2, 0.25) is 11.7 Å². The number of nitrogens with zero attached hydrogens (tertiary/aromatic N) is 3. The summed E-state index contributed by atoms with van der Waals surface area (Å²) in [7, 11) is 0. The van der Waals surface area contributed by atoms with Crippen LogP contribution in [0.4, 0.5) is 5.82 Å². The molecule has 0 spiro atoms. The maximum Gasteiger partial charge on any atom is 0.347 e. The highest BCUT2D eigenvalue weighted by molar-refractivity contribution is 5.93. The summed E-state index contributed by atoms with van der Waals surface area (Å²) in [5.41, 5.74) is 6.37. The van der Waals surface area contributed by atoms with E-state index in [1.165, 1.54) is 10.8 Å². The molecular formula is C14H12N4O3. The Morgan fingerprint density at radius 1 is 1.33 bits per heavy atom. The Morgan fingerprint density at radius 3 is 2.52 bits per heavy atom. The summed E-state index contributed by atoms with van der Waals surface area (Å²) >= 11 is 0. The van der Waals surface area contributed by atoms with Crippen molar-refractivity contribution in [1.82, 2.24) is 9.55 Å². The van der Waals surface area contributed by atoms with Crippen LogP contribution in [0.2, 0.25) is 0 Å². The topological polar surface area (TPSA) is 104 Å². The predicted molar refractivity (Wildman–Crippen MR) is 79.2 cm³/mol. The third-order valence-corrected chi connectivity index (χ3v) is 2.80. The molecule has 1 amide bonds. The van der Waals surface area contributed by atoms with Crippen LogP contribution in [-0.4, -0.2) is 20.4 Å². The van der Waals surface area contributed by atoms with Crippen molar-refractivity contribution < 1.29 is 9.72 Å². The zero-order valence-corrected chi connectivity index (χ0v) is 11.0. The number of amides is 1. The van der Waals surface area contributed by atoms with Crippen LogP contribution in [0.5, 0.6) is 0 Å². The summed E-state index contributed by atoms with van der Waals surface area (Å²) in [6, 6.07) is 6.63. The number of nitro groups is 1. The zero-order valence-electron chi connectivity index (χ0n) is 11.0. The average molecular weight is 284 g/mol. The SMILES string of the molecule is C=Cn1c([N+](=O)[O-])cnc1/C=C/c1ccc(C(N)=O)cc1. The van der Waals surface area contributed by atoms with Crippen molar-refractivity contribution in [2.75, 3.05) is 0 Å². The van der Waals surface area contributed by atoms with Crippen molar-refractivity contribution >= 4 is 30.1 Å². The fourth-order valence-electron chi connectivity index (χ4n) is 1.74. The highest BCUT2D eigenvalue weighted by Gasteiger charge is 2.15. The Bertz CT molecular complexity index is 729. The molecule has 0 aliphatic heterocycles. The molecule has 0 atom stereocenters. The lowest BCUT2D eigenvalue weighted by Crippen LogP contribution is -2.10. The Kier molecular flexibility index (Phi) is 3.94.